The summed E-state index contributed by atoms with van der Waals surface area (Å²) in [6.07, 6.45) is -2.86. The first-order chi connectivity index (χ1) is 18.0. The molecule has 0 amide bonds. The minimum atomic E-state index is -5.08. The number of esters is 2. The molecular formula is C24H27BrF3NO8S. The van der Waals surface area contributed by atoms with E-state index >= 15 is 0 Å². The van der Waals surface area contributed by atoms with Gasteiger partial charge in [0.25, 0.3) is 0 Å². The van der Waals surface area contributed by atoms with Crippen molar-refractivity contribution in [3.8, 4) is 21.9 Å². The maximum absolute atomic E-state index is 12.3. The Morgan fingerprint density at radius 3 is 2.42 bits per heavy atom. The van der Waals surface area contributed by atoms with Gasteiger partial charge in [0.2, 0.25) is 0 Å². The summed E-state index contributed by atoms with van der Waals surface area (Å²) in [5.74, 6) is -2.22. The van der Waals surface area contributed by atoms with E-state index in [0.717, 1.165) is 42.1 Å². The van der Waals surface area contributed by atoms with Crippen molar-refractivity contribution in [3.05, 3.63) is 33.6 Å². The van der Waals surface area contributed by atoms with Gasteiger partial charge >= 0.3 is 24.1 Å². The Bertz CT molecular complexity index is 1100. The highest BCUT2D eigenvalue weighted by Gasteiger charge is 2.38. The van der Waals surface area contributed by atoms with Crippen LogP contribution in [0.15, 0.2) is 28.7 Å². The van der Waals surface area contributed by atoms with Crippen LogP contribution in [0.25, 0.3) is 10.4 Å². The Hall–Kier alpha value is -2.84. The van der Waals surface area contributed by atoms with Gasteiger partial charge in [-0.25, -0.2) is 14.4 Å². The second-order valence-corrected chi connectivity index (χ2v) is 9.64. The number of methoxy groups -OCH3 is 1. The number of alkyl halides is 3. The molecule has 1 aromatic carbocycles. The molecule has 1 saturated heterocycles. The lowest BCUT2D eigenvalue weighted by molar-refractivity contribution is -0.192. The van der Waals surface area contributed by atoms with Gasteiger partial charge in [-0.3, -0.25) is 0 Å². The summed E-state index contributed by atoms with van der Waals surface area (Å²) < 4.78 is 53.8. The largest absolute Gasteiger partial charge is 0.493 e. The predicted octanol–water partition coefficient (Wildman–Crippen LogP) is 4.92. The number of carboxylic acids is 1. The molecule has 0 radical (unpaired) electrons. The molecule has 0 aliphatic carbocycles. The number of hydrogen-bond acceptors (Lipinski definition) is 9. The van der Waals surface area contributed by atoms with Gasteiger partial charge in [0.15, 0.2) is 17.2 Å². The Labute approximate surface area is 229 Å². The van der Waals surface area contributed by atoms with E-state index in [1.807, 2.05) is 24.3 Å². The van der Waals surface area contributed by atoms with Crippen molar-refractivity contribution in [2.45, 2.75) is 25.9 Å². The molecule has 0 unspecified atom stereocenters. The minimum Gasteiger partial charge on any atom is -0.493 e. The third-order valence-electron chi connectivity index (χ3n) is 5.10. The number of ether oxygens (including phenoxy) is 4. The summed E-state index contributed by atoms with van der Waals surface area (Å²) >= 11 is 4.76. The van der Waals surface area contributed by atoms with E-state index in [0.29, 0.717) is 17.0 Å². The molecule has 1 aliphatic heterocycles. The quantitative estimate of drug-likeness (QED) is 0.374. The highest BCUT2D eigenvalue weighted by Crippen LogP contribution is 2.46. The van der Waals surface area contributed by atoms with E-state index in [1.54, 1.807) is 6.92 Å². The summed E-state index contributed by atoms with van der Waals surface area (Å²) in [4.78, 5) is 33.9. The van der Waals surface area contributed by atoms with Crippen LogP contribution in [0.3, 0.4) is 0 Å². The lowest BCUT2D eigenvalue weighted by Crippen LogP contribution is -2.30. The molecule has 3 rings (SSSR count). The molecule has 2 aromatic rings. The fraction of sp³-hybridized carbons (Fsp3) is 0.458. The smallest absolute Gasteiger partial charge is 0.490 e. The number of carbonyl (C=O) groups is 3. The lowest BCUT2D eigenvalue weighted by atomic mass is 9.99. The molecule has 2 heterocycles. The third-order valence-corrected chi connectivity index (χ3v) is 7.32. The van der Waals surface area contributed by atoms with E-state index in [-0.39, 0.29) is 23.8 Å². The van der Waals surface area contributed by atoms with Crippen molar-refractivity contribution in [1.82, 2.24) is 5.32 Å². The van der Waals surface area contributed by atoms with Crippen molar-refractivity contribution < 1.29 is 51.6 Å². The number of halogens is 4. The third kappa shape index (κ3) is 9.48. The minimum absolute atomic E-state index is 0.256. The fourth-order valence-corrected chi connectivity index (χ4v) is 5.23. The zero-order chi connectivity index (χ0) is 28.3. The molecule has 0 saturated carbocycles. The molecule has 0 spiro atoms. The zero-order valence-corrected chi connectivity index (χ0v) is 23.0. The first kappa shape index (κ1) is 31.4. The number of benzene rings is 1. The Morgan fingerprint density at radius 1 is 1.18 bits per heavy atom. The van der Waals surface area contributed by atoms with Crippen LogP contribution in [0.4, 0.5) is 13.2 Å². The lowest BCUT2D eigenvalue weighted by Gasteiger charge is -2.22. The Morgan fingerprint density at radius 2 is 1.84 bits per heavy atom. The van der Waals surface area contributed by atoms with Crippen LogP contribution in [-0.2, 0) is 19.1 Å². The Balaban J connectivity index is 0.000000638. The van der Waals surface area contributed by atoms with Gasteiger partial charge in [-0.2, -0.15) is 13.2 Å². The molecule has 9 nitrogen and oxygen atoms in total. The summed E-state index contributed by atoms with van der Waals surface area (Å²) in [5, 5.41) is 10.5. The monoisotopic (exact) mass is 625 g/mol. The van der Waals surface area contributed by atoms with Gasteiger partial charge in [0.05, 0.1) is 29.7 Å². The van der Waals surface area contributed by atoms with Crippen molar-refractivity contribution in [3.63, 3.8) is 0 Å². The molecule has 0 bridgehead atoms. The Kier molecular flexibility index (Phi) is 12.3. The van der Waals surface area contributed by atoms with Crippen molar-refractivity contribution >= 4 is 45.2 Å². The number of aliphatic carboxylic acids is 1. The van der Waals surface area contributed by atoms with Crippen LogP contribution in [0, 0.1) is 5.92 Å². The molecule has 38 heavy (non-hydrogen) atoms. The maximum Gasteiger partial charge on any atom is 0.490 e. The molecule has 1 aromatic heterocycles. The standard InChI is InChI=1S/C22H26BrNO6S.C2HF3O2/c1-3-28-17(25)13-30-19-18(23)20(31-21(19)22(26)27-2)15-5-4-6-16(11-15)29-12-14-7-9-24-10-8-14;3-2(4,5)1(6)7/h4-6,11,14,24H,3,7-10,12-13H2,1-2H3;(H,6,7). The molecule has 14 heteroatoms. The number of rotatable bonds is 9. The number of carbonyl (C=O) groups excluding carboxylic acids is 2. The molecule has 2 N–H and O–H groups in total. The van der Waals surface area contributed by atoms with Gasteiger partial charge in [-0.1, -0.05) is 12.1 Å². The van der Waals surface area contributed by atoms with Crippen LogP contribution in [-0.4, -0.2) is 69.2 Å². The SMILES string of the molecule is CCOC(=O)COc1c(C(=O)OC)sc(-c2cccc(OCC3CCNCC3)c2)c1Br.O=C(O)C(F)(F)F. The van der Waals surface area contributed by atoms with E-state index in [2.05, 4.69) is 21.2 Å². The zero-order valence-electron chi connectivity index (χ0n) is 20.6. The summed E-state index contributed by atoms with van der Waals surface area (Å²) in [6.45, 7) is 4.41. The van der Waals surface area contributed by atoms with Crippen LogP contribution >= 0.6 is 27.3 Å². The van der Waals surface area contributed by atoms with Crippen LogP contribution in [0.2, 0.25) is 0 Å². The summed E-state index contributed by atoms with van der Waals surface area (Å²) in [5.41, 5.74) is 0.871. The molecule has 1 fully saturated rings. The van der Waals surface area contributed by atoms with Gasteiger partial charge in [0, 0.05) is 0 Å². The number of thiophene rings is 1. The summed E-state index contributed by atoms with van der Waals surface area (Å²) in [7, 11) is 1.31. The number of carboxylic acid groups (broad SMARTS) is 1. The average molecular weight is 626 g/mol. The molecule has 1 aliphatic rings. The number of nitrogens with one attached hydrogen (secondary N) is 1. The molecule has 210 valence electrons. The van der Waals surface area contributed by atoms with Gasteiger partial charge in [-0.15, -0.1) is 11.3 Å². The van der Waals surface area contributed by atoms with Gasteiger partial charge in [-0.05, 0) is 72.4 Å². The topological polar surface area (TPSA) is 120 Å². The second kappa shape index (κ2) is 14.9. The van der Waals surface area contributed by atoms with Crippen LogP contribution in [0.5, 0.6) is 11.5 Å². The molecular weight excluding hydrogens is 599 g/mol. The fourth-order valence-electron chi connectivity index (χ4n) is 3.26. The van der Waals surface area contributed by atoms with Crippen molar-refractivity contribution in [2.24, 2.45) is 5.92 Å². The normalized spacial score (nSPS) is 13.6. The van der Waals surface area contributed by atoms with Crippen molar-refractivity contribution in [1.29, 1.82) is 0 Å². The number of hydrogen-bond donors (Lipinski definition) is 2. The van der Waals surface area contributed by atoms with E-state index < -0.39 is 24.1 Å². The van der Waals surface area contributed by atoms with Gasteiger partial charge in [0.1, 0.15) is 5.75 Å². The second-order valence-electron chi connectivity index (χ2n) is 7.82. The predicted molar refractivity (Wildman–Crippen MR) is 136 cm³/mol. The maximum atomic E-state index is 12.3. The highest BCUT2D eigenvalue weighted by atomic mass is 79.9. The first-order valence-electron chi connectivity index (χ1n) is 11.4. The van der Waals surface area contributed by atoms with E-state index in [1.165, 1.54) is 18.4 Å². The number of piperidine rings is 1. The van der Waals surface area contributed by atoms with Gasteiger partial charge < -0.3 is 29.4 Å². The van der Waals surface area contributed by atoms with Crippen LogP contribution < -0.4 is 14.8 Å². The average Bonchev–Trinajstić information content (AvgIpc) is 3.22. The molecule has 0 atom stereocenters. The first-order valence-corrected chi connectivity index (χ1v) is 13.0. The van der Waals surface area contributed by atoms with E-state index in [9.17, 15) is 22.8 Å². The van der Waals surface area contributed by atoms with Crippen molar-refractivity contribution in [2.75, 3.05) is 40.0 Å². The highest BCUT2D eigenvalue weighted by molar-refractivity contribution is 9.10. The summed E-state index contributed by atoms with van der Waals surface area (Å²) in [6, 6.07) is 7.71. The van der Waals surface area contributed by atoms with E-state index in [4.69, 9.17) is 28.8 Å². The van der Waals surface area contributed by atoms with Crippen LogP contribution in [0.1, 0.15) is 29.4 Å².